The van der Waals surface area contributed by atoms with Gasteiger partial charge in [-0.1, -0.05) is 18.2 Å². The predicted octanol–water partition coefficient (Wildman–Crippen LogP) is 2.70. The van der Waals surface area contributed by atoms with Crippen LogP contribution in [0.3, 0.4) is 0 Å². The number of hydrogen-bond acceptors (Lipinski definition) is 1. The first kappa shape index (κ1) is 9.69. The fourth-order valence-corrected chi connectivity index (χ4v) is 4.38. The fourth-order valence-electron chi connectivity index (χ4n) is 4.38. The number of para-hydroxylation sites is 1. The third-order valence-electron chi connectivity index (χ3n) is 5.10. The zero-order valence-corrected chi connectivity index (χ0v) is 9.88. The molecule has 4 rings (SSSR count). The molecular formula is C15H17NO. The zero-order chi connectivity index (χ0) is 11.4. The van der Waals surface area contributed by atoms with E-state index in [9.17, 15) is 4.79 Å². The molecule has 0 spiro atoms. The van der Waals surface area contributed by atoms with E-state index in [1.165, 1.54) is 19.3 Å². The molecule has 1 saturated heterocycles. The highest BCUT2D eigenvalue weighted by atomic mass is 16.2. The van der Waals surface area contributed by atoms with E-state index in [-0.39, 0.29) is 0 Å². The van der Waals surface area contributed by atoms with Gasteiger partial charge in [-0.15, -0.1) is 0 Å². The van der Waals surface area contributed by atoms with Crippen LogP contribution < -0.4 is 4.90 Å². The van der Waals surface area contributed by atoms with E-state index >= 15 is 0 Å². The SMILES string of the molecule is O=C1[C@@H]2[C@@H]3CC[C@@H](C3)[C@@H]2CN1c1ccccc1. The van der Waals surface area contributed by atoms with Gasteiger partial charge in [-0.05, 0) is 49.1 Å². The summed E-state index contributed by atoms with van der Waals surface area (Å²) in [5.41, 5.74) is 1.09. The van der Waals surface area contributed by atoms with Crippen LogP contribution in [0.2, 0.25) is 0 Å². The summed E-state index contributed by atoms with van der Waals surface area (Å²) >= 11 is 0. The minimum absolute atomic E-state index is 0.356. The standard InChI is InChI=1S/C15H17NO/c17-15-14-11-7-6-10(8-11)13(14)9-16(15)12-4-2-1-3-5-12/h1-5,10-11,13-14H,6-9H2/t10-,11+,13-,14+/m0/s1. The molecule has 1 aromatic carbocycles. The molecular weight excluding hydrogens is 210 g/mol. The summed E-state index contributed by atoms with van der Waals surface area (Å²) in [7, 11) is 0. The van der Waals surface area contributed by atoms with E-state index in [1.807, 2.05) is 23.1 Å². The maximum Gasteiger partial charge on any atom is 0.230 e. The molecule has 0 aromatic heterocycles. The van der Waals surface area contributed by atoms with Gasteiger partial charge < -0.3 is 4.90 Å². The van der Waals surface area contributed by atoms with Gasteiger partial charge in [0.25, 0.3) is 0 Å². The van der Waals surface area contributed by atoms with Gasteiger partial charge in [0.1, 0.15) is 0 Å². The molecule has 0 unspecified atom stereocenters. The molecule has 1 aliphatic heterocycles. The second kappa shape index (κ2) is 3.34. The van der Waals surface area contributed by atoms with E-state index in [0.29, 0.717) is 23.7 Å². The first-order valence-electron chi connectivity index (χ1n) is 6.71. The summed E-state index contributed by atoms with van der Waals surface area (Å²) in [5.74, 6) is 2.94. The molecule has 1 aromatic rings. The van der Waals surface area contributed by atoms with E-state index < -0.39 is 0 Å². The van der Waals surface area contributed by atoms with Crippen molar-refractivity contribution in [1.82, 2.24) is 0 Å². The number of benzene rings is 1. The van der Waals surface area contributed by atoms with E-state index in [1.54, 1.807) is 0 Å². The van der Waals surface area contributed by atoms with E-state index in [4.69, 9.17) is 0 Å². The molecule has 1 amide bonds. The number of rotatable bonds is 1. The Balaban J connectivity index is 1.67. The van der Waals surface area contributed by atoms with Crippen LogP contribution >= 0.6 is 0 Å². The number of nitrogens with zero attached hydrogens (tertiary/aromatic N) is 1. The second-order valence-corrected chi connectivity index (χ2v) is 5.81. The molecule has 0 N–H and O–H groups in total. The van der Waals surface area contributed by atoms with Gasteiger partial charge in [0.05, 0.1) is 0 Å². The van der Waals surface area contributed by atoms with Crippen LogP contribution in [-0.4, -0.2) is 12.5 Å². The van der Waals surface area contributed by atoms with Crippen LogP contribution in [0.15, 0.2) is 30.3 Å². The highest BCUT2D eigenvalue weighted by Gasteiger charge is 2.56. The van der Waals surface area contributed by atoms with Crippen molar-refractivity contribution in [3.63, 3.8) is 0 Å². The van der Waals surface area contributed by atoms with Gasteiger partial charge >= 0.3 is 0 Å². The van der Waals surface area contributed by atoms with E-state index in [2.05, 4.69) is 12.1 Å². The summed E-state index contributed by atoms with van der Waals surface area (Å²) in [4.78, 5) is 14.5. The van der Waals surface area contributed by atoms with Gasteiger partial charge in [0.2, 0.25) is 5.91 Å². The van der Waals surface area contributed by atoms with Crippen LogP contribution in [0.25, 0.3) is 0 Å². The molecule has 1 heterocycles. The molecule has 2 nitrogen and oxygen atoms in total. The molecule has 0 radical (unpaired) electrons. The Morgan fingerprint density at radius 2 is 1.82 bits per heavy atom. The molecule has 3 fully saturated rings. The summed E-state index contributed by atoms with van der Waals surface area (Å²) < 4.78 is 0. The molecule has 4 atom stereocenters. The first-order valence-corrected chi connectivity index (χ1v) is 6.71. The topological polar surface area (TPSA) is 20.3 Å². The summed E-state index contributed by atoms with van der Waals surface area (Å²) in [6.45, 7) is 0.967. The second-order valence-electron chi connectivity index (χ2n) is 5.81. The number of carbonyl (C=O) groups excluding carboxylic acids is 1. The van der Waals surface area contributed by atoms with Gasteiger partial charge in [0, 0.05) is 18.2 Å². The van der Waals surface area contributed by atoms with Crippen molar-refractivity contribution < 1.29 is 4.79 Å². The van der Waals surface area contributed by atoms with Gasteiger partial charge in [-0.3, -0.25) is 4.79 Å². The monoisotopic (exact) mass is 227 g/mol. The predicted molar refractivity (Wildman–Crippen MR) is 66.6 cm³/mol. The molecule has 2 heteroatoms. The van der Waals surface area contributed by atoms with Crippen LogP contribution in [0.5, 0.6) is 0 Å². The van der Waals surface area contributed by atoms with Crippen molar-refractivity contribution in [2.75, 3.05) is 11.4 Å². The summed E-state index contributed by atoms with van der Waals surface area (Å²) in [6, 6.07) is 10.2. The normalized spacial score (nSPS) is 38.8. The van der Waals surface area contributed by atoms with Crippen molar-refractivity contribution in [3.05, 3.63) is 30.3 Å². The fraction of sp³-hybridized carbons (Fsp3) is 0.533. The largest absolute Gasteiger partial charge is 0.312 e. The number of carbonyl (C=O) groups is 1. The third-order valence-corrected chi connectivity index (χ3v) is 5.10. The Bertz CT molecular complexity index is 455. The minimum Gasteiger partial charge on any atom is -0.312 e. The number of fused-ring (bicyclic) bond motifs is 5. The Morgan fingerprint density at radius 3 is 2.59 bits per heavy atom. The molecule has 2 aliphatic carbocycles. The van der Waals surface area contributed by atoms with Crippen LogP contribution in [-0.2, 0) is 4.79 Å². The molecule has 17 heavy (non-hydrogen) atoms. The van der Waals surface area contributed by atoms with Gasteiger partial charge in [0.15, 0.2) is 0 Å². The lowest BCUT2D eigenvalue weighted by Crippen LogP contribution is -2.29. The van der Waals surface area contributed by atoms with Crippen molar-refractivity contribution in [1.29, 1.82) is 0 Å². The quantitative estimate of drug-likeness (QED) is 0.722. The van der Waals surface area contributed by atoms with Crippen LogP contribution in [0.4, 0.5) is 5.69 Å². The van der Waals surface area contributed by atoms with E-state index in [0.717, 1.165) is 18.2 Å². The van der Waals surface area contributed by atoms with Crippen LogP contribution in [0, 0.1) is 23.7 Å². The maximum atomic E-state index is 12.5. The third kappa shape index (κ3) is 1.24. The summed E-state index contributed by atoms with van der Waals surface area (Å²) in [5, 5.41) is 0. The lowest BCUT2D eigenvalue weighted by Gasteiger charge is -2.20. The van der Waals surface area contributed by atoms with Crippen molar-refractivity contribution in [2.45, 2.75) is 19.3 Å². The van der Waals surface area contributed by atoms with Gasteiger partial charge in [-0.2, -0.15) is 0 Å². The minimum atomic E-state index is 0.356. The highest BCUT2D eigenvalue weighted by molar-refractivity contribution is 5.98. The van der Waals surface area contributed by atoms with Crippen molar-refractivity contribution in [2.24, 2.45) is 23.7 Å². The smallest absolute Gasteiger partial charge is 0.230 e. The molecule has 88 valence electrons. The van der Waals surface area contributed by atoms with Gasteiger partial charge in [-0.25, -0.2) is 0 Å². The molecule has 2 bridgehead atoms. The summed E-state index contributed by atoms with van der Waals surface area (Å²) in [6.07, 6.45) is 3.98. The number of anilines is 1. The van der Waals surface area contributed by atoms with Crippen molar-refractivity contribution in [3.8, 4) is 0 Å². The molecule has 3 aliphatic rings. The first-order chi connectivity index (χ1) is 8.34. The molecule has 2 saturated carbocycles. The number of amides is 1. The zero-order valence-electron chi connectivity index (χ0n) is 9.88. The Kier molecular flexibility index (Phi) is 1.91. The Labute approximate surface area is 102 Å². The lowest BCUT2D eigenvalue weighted by atomic mass is 9.81. The van der Waals surface area contributed by atoms with Crippen LogP contribution in [0.1, 0.15) is 19.3 Å². The average Bonchev–Trinajstić information content (AvgIpc) is 3.03. The lowest BCUT2D eigenvalue weighted by molar-refractivity contribution is -0.122. The Hall–Kier alpha value is -1.31. The number of hydrogen-bond donors (Lipinski definition) is 0. The average molecular weight is 227 g/mol. The van der Waals surface area contributed by atoms with Crippen molar-refractivity contribution >= 4 is 11.6 Å². The maximum absolute atomic E-state index is 12.5. The Morgan fingerprint density at radius 1 is 1.06 bits per heavy atom. The highest BCUT2D eigenvalue weighted by Crippen LogP contribution is 2.55.